The van der Waals surface area contributed by atoms with Crippen LogP contribution in [0.5, 0.6) is 5.88 Å². The van der Waals surface area contributed by atoms with E-state index in [1.807, 2.05) is 25.1 Å². The van der Waals surface area contributed by atoms with E-state index in [1.54, 1.807) is 35.8 Å². The number of sulfonamides is 1. The number of piperidine rings is 1. The summed E-state index contributed by atoms with van der Waals surface area (Å²) < 4.78 is 32.9. The van der Waals surface area contributed by atoms with Crippen molar-refractivity contribution in [3.8, 4) is 5.88 Å². The number of pyridine rings is 1. The zero-order valence-electron chi connectivity index (χ0n) is 14.0. The van der Waals surface area contributed by atoms with Crippen LogP contribution in [-0.2, 0) is 10.0 Å². The monoisotopic (exact) mass is 346 g/mol. The van der Waals surface area contributed by atoms with Crippen molar-refractivity contribution in [3.63, 3.8) is 0 Å². The Hall–Kier alpha value is -1.92. The zero-order chi connectivity index (χ0) is 17.2. The van der Waals surface area contributed by atoms with Crippen LogP contribution in [0, 0.1) is 6.92 Å². The molecule has 0 aliphatic carbocycles. The van der Waals surface area contributed by atoms with Crippen molar-refractivity contribution < 1.29 is 13.2 Å². The van der Waals surface area contributed by atoms with Gasteiger partial charge < -0.3 is 4.74 Å². The first kappa shape index (κ1) is 16.9. The molecule has 6 heteroatoms. The number of rotatable bonds is 4. The highest BCUT2D eigenvalue weighted by atomic mass is 32.2. The topological polar surface area (TPSA) is 59.5 Å². The molecule has 0 unspecified atom stereocenters. The average molecular weight is 346 g/mol. The molecule has 0 amide bonds. The molecule has 0 N–H and O–H groups in total. The summed E-state index contributed by atoms with van der Waals surface area (Å²) in [5.41, 5.74) is 1.95. The number of ether oxygens (including phenoxy) is 1. The second-order valence-electron chi connectivity index (χ2n) is 6.07. The van der Waals surface area contributed by atoms with E-state index in [0.717, 1.165) is 30.4 Å². The number of methoxy groups -OCH3 is 1. The fraction of sp³-hybridized carbons (Fsp3) is 0.389. The minimum Gasteiger partial charge on any atom is -0.481 e. The summed E-state index contributed by atoms with van der Waals surface area (Å²) in [4.78, 5) is 4.58. The molecule has 0 spiro atoms. The molecule has 1 aromatic heterocycles. The van der Waals surface area contributed by atoms with E-state index in [4.69, 9.17) is 4.74 Å². The minimum absolute atomic E-state index is 0.177. The molecule has 0 saturated carbocycles. The highest BCUT2D eigenvalue weighted by Crippen LogP contribution is 2.35. The fourth-order valence-corrected chi connectivity index (χ4v) is 4.76. The molecule has 2 aromatic rings. The standard InChI is InChI=1S/C18H22N2O3S/c1-14-6-9-16(10-7-14)24(21,22)20-12-4-3-5-17(20)15-8-11-18(23-2)19-13-15/h6-11,13,17H,3-5,12H2,1-2H3/t17-/m0/s1. The Morgan fingerprint density at radius 2 is 1.88 bits per heavy atom. The van der Waals surface area contributed by atoms with Crippen LogP contribution in [0.25, 0.3) is 0 Å². The van der Waals surface area contributed by atoms with Crippen molar-refractivity contribution in [3.05, 3.63) is 53.7 Å². The van der Waals surface area contributed by atoms with E-state index in [-0.39, 0.29) is 6.04 Å². The molecule has 24 heavy (non-hydrogen) atoms. The minimum atomic E-state index is -3.52. The lowest BCUT2D eigenvalue weighted by Crippen LogP contribution is -2.38. The van der Waals surface area contributed by atoms with Crippen LogP contribution in [0.1, 0.15) is 36.4 Å². The van der Waals surface area contributed by atoms with Gasteiger partial charge in [-0.3, -0.25) is 0 Å². The van der Waals surface area contributed by atoms with Gasteiger partial charge in [-0.2, -0.15) is 4.31 Å². The van der Waals surface area contributed by atoms with Crippen LogP contribution in [0.15, 0.2) is 47.5 Å². The third kappa shape index (κ3) is 3.30. The highest BCUT2D eigenvalue weighted by molar-refractivity contribution is 7.89. The summed E-state index contributed by atoms with van der Waals surface area (Å²) in [5.74, 6) is 0.530. The first-order valence-corrected chi connectivity index (χ1v) is 9.55. The van der Waals surface area contributed by atoms with E-state index in [9.17, 15) is 8.42 Å². The quantitative estimate of drug-likeness (QED) is 0.852. The maximum absolute atomic E-state index is 13.1. The molecule has 0 bridgehead atoms. The molecule has 5 nitrogen and oxygen atoms in total. The molecule has 0 radical (unpaired) electrons. The molecule has 1 atom stereocenters. The Bertz CT molecular complexity index is 786. The smallest absolute Gasteiger partial charge is 0.243 e. The van der Waals surface area contributed by atoms with Gasteiger partial charge in [0.05, 0.1) is 18.0 Å². The van der Waals surface area contributed by atoms with Gasteiger partial charge in [-0.25, -0.2) is 13.4 Å². The maximum Gasteiger partial charge on any atom is 0.243 e. The molecule has 1 aliphatic rings. The summed E-state index contributed by atoms with van der Waals surface area (Å²) in [6, 6.07) is 10.5. The SMILES string of the molecule is COc1ccc([C@@H]2CCCCN2S(=O)(=O)c2ccc(C)cc2)cn1. The van der Waals surface area contributed by atoms with Crippen LogP contribution >= 0.6 is 0 Å². The lowest BCUT2D eigenvalue weighted by atomic mass is 9.99. The van der Waals surface area contributed by atoms with Crippen molar-refractivity contribution in [2.24, 2.45) is 0 Å². The van der Waals surface area contributed by atoms with Crippen molar-refractivity contribution in [1.29, 1.82) is 0 Å². The van der Waals surface area contributed by atoms with Crippen molar-refractivity contribution >= 4 is 10.0 Å². The first-order valence-electron chi connectivity index (χ1n) is 8.11. The van der Waals surface area contributed by atoms with Gasteiger partial charge in [0.25, 0.3) is 0 Å². The molecule has 3 rings (SSSR count). The maximum atomic E-state index is 13.1. The molecule has 1 saturated heterocycles. The number of aromatic nitrogens is 1. The number of benzene rings is 1. The van der Waals surface area contributed by atoms with Crippen LogP contribution in [-0.4, -0.2) is 31.4 Å². The summed E-state index contributed by atoms with van der Waals surface area (Å²) in [7, 11) is -1.95. The lowest BCUT2D eigenvalue weighted by Gasteiger charge is -2.34. The van der Waals surface area contributed by atoms with Gasteiger partial charge in [-0.05, 0) is 37.5 Å². The molecule has 2 heterocycles. The van der Waals surface area contributed by atoms with Crippen LogP contribution in [0.3, 0.4) is 0 Å². The van der Waals surface area contributed by atoms with Crippen LogP contribution < -0.4 is 4.74 Å². The summed E-state index contributed by atoms with van der Waals surface area (Å²) >= 11 is 0. The third-order valence-electron chi connectivity index (χ3n) is 4.43. The predicted octanol–water partition coefficient (Wildman–Crippen LogP) is 3.31. The summed E-state index contributed by atoms with van der Waals surface area (Å²) in [5, 5.41) is 0. The predicted molar refractivity (Wildman–Crippen MR) is 92.5 cm³/mol. The second kappa shape index (κ2) is 6.91. The second-order valence-corrected chi connectivity index (χ2v) is 7.96. The molecular formula is C18H22N2O3S. The van der Waals surface area contributed by atoms with Gasteiger partial charge >= 0.3 is 0 Å². The fourth-order valence-electron chi connectivity index (χ4n) is 3.08. The normalized spacial score (nSPS) is 19.2. The average Bonchev–Trinajstić information content (AvgIpc) is 2.62. The van der Waals surface area contributed by atoms with Gasteiger partial charge in [0.15, 0.2) is 0 Å². The molecule has 1 aromatic carbocycles. The Morgan fingerprint density at radius 1 is 1.12 bits per heavy atom. The van der Waals surface area contributed by atoms with Gasteiger partial charge in [0.2, 0.25) is 15.9 Å². The lowest BCUT2D eigenvalue weighted by molar-refractivity contribution is 0.255. The molecule has 128 valence electrons. The van der Waals surface area contributed by atoms with Gasteiger partial charge in [-0.1, -0.05) is 30.2 Å². The van der Waals surface area contributed by atoms with Crippen LogP contribution in [0.4, 0.5) is 0 Å². The molecule has 1 aliphatic heterocycles. The van der Waals surface area contributed by atoms with E-state index >= 15 is 0 Å². The zero-order valence-corrected chi connectivity index (χ0v) is 14.8. The van der Waals surface area contributed by atoms with E-state index in [0.29, 0.717) is 17.3 Å². The Labute approximate surface area is 143 Å². The number of aryl methyl sites for hydroxylation is 1. The number of hydrogen-bond donors (Lipinski definition) is 0. The van der Waals surface area contributed by atoms with E-state index in [2.05, 4.69) is 4.98 Å². The molecular weight excluding hydrogens is 324 g/mol. The number of nitrogens with zero attached hydrogens (tertiary/aromatic N) is 2. The van der Waals surface area contributed by atoms with E-state index < -0.39 is 10.0 Å². The van der Waals surface area contributed by atoms with Crippen molar-refractivity contribution in [2.75, 3.05) is 13.7 Å². The molecule has 1 fully saturated rings. The number of hydrogen-bond acceptors (Lipinski definition) is 4. The Morgan fingerprint density at radius 3 is 2.50 bits per heavy atom. The Kier molecular flexibility index (Phi) is 4.87. The third-order valence-corrected chi connectivity index (χ3v) is 6.36. The van der Waals surface area contributed by atoms with Crippen molar-refractivity contribution in [2.45, 2.75) is 37.1 Å². The van der Waals surface area contributed by atoms with Crippen LogP contribution in [0.2, 0.25) is 0 Å². The summed E-state index contributed by atoms with van der Waals surface area (Å²) in [6.45, 7) is 2.48. The first-order chi connectivity index (χ1) is 11.5. The van der Waals surface area contributed by atoms with Gasteiger partial charge in [0, 0.05) is 18.8 Å². The largest absolute Gasteiger partial charge is 0.481 e. The summed E-state index contributed by atoms with van der Waals surface area (Å²) in [6.07, 6.45) is 4.41. The van der Waals surface area contributed by atoms with Crippen molar-refractivity contribution in [1.82, 2.24) is 9.29 Å². The van der Waals surface area contributed by atoms with Gasteiger partial charge in [0.1, 0.15) is 0 Å². The van der Waals surface area contributed by atoms with Gasteiger partial charge in [-0.15, -0.1) is 0 Å². The Balaban J connectivity index is 1.95. The van der Waals surface area contributed by atoms with E-state index in [1.165, 1.54) is 0 Å². The highest BCUT2D eigenvalue weighted by Gasteiger charge is 2.34.